The Morgan fingerprint density at radius 2 is 1.33 bits per heavy atom. The second-order valence-electron chi connectivity index (χ2n) is 14.9. The zero-order valence-electron chi connectivity index (χ0n) is 28.7. The molecule has 0 bridgehead atoms. The molecule has 12 rings (SSSR count). The molecule has 7 aromatic carbocycles. The lowest BCUT2D eigenvalue weighted by Crippen LogP contribution is -2.16. The van der Waals surface area contributed by atoms with Crippen molar-refractivity contribution >= 4 is 44.5 Å². The van der Waals surface area contributed by atoms with Gasteiger partial charge in [0, 0.05) is 42.6 Å². The van der Waals surface area contributed by atoms with Gasteiger partial charge in [0.25, 0.3) is 0 Å². The minimum absolute atomic E-state index is 0.125. The molecular weight excluding hydrogens is 651 g/mol. The van der Waals surface area contributed by atoms with Gasteiger partial charge in [0.1, 0.15) is 5.82 Å². The number of para-hydroxylation sites is 2. The van der Waals surface area contributed by atoms with Crippen molar-refractivity contribution in [1.82, 2.24) is 14.5 Å². The van der Waals surface area contributed by atoms with Gasteiger partial charge in [-0.05, 0) is 93.0 Å². The Bertz CT molecular complexity index is 3030. The van der Waals surface area contributed by atoms with Crippen molar-refractivity contribution in [1.29, 1.82) is 0 Å². The molecule has 9 aromatic rings. The first-order valence-corrected chi connectivity index (χ1v) is 18.9. The summed E-state index contributed by atoms with van der Waals surface area (Å²) in [7, 11) is 0. The minimum atomic E-state index is -0.153. The summed E-state index contributed by atoms with van der Waals surface area (Å²) in [5.74, 6) is 0.707. The highest BCUT2D eigenvalue weighted by atomic mass is 32.2. The number of hydrogen-bond acceptors (Lipinski definition) is 3. The van der Waals surface area contributed by atoms with Crippen LogP contribution in [-0.2, 0) is 5.41 Å². The van der Waals surface area contributed by atoms with Crippen LogP contribution in [0.25, 0.3) is 71.9 Å². The molecule has 0 fully saturated rings. The molecule has 3 aliphatic rings. The molecule has 52 heavy (non-hydrogen) atoms. The molecule has 0 N–H and O–H groups in total. The Labute approximate surface area is 305 Å². The van der Waals surface area contributed by atoms with Gasteiger partial charge in [-0.15, -0.1) is 0 Å². The van der Waals surface area contributed by atoms with Gasteiger partial charge < -0.3 is 4.57 Å². The van der Waals surface area contributed by atoms with E-state index in [1.807, 2.05) is 11.8 Å². The molecule has 2 aromatic heterocycles. The second kappa shape index (κ2) is 10.1. The topological polar surface area (TPSA) is 30.7 Å². The highest BCUT2D eigenvalue weighted by Gasteiger charge is 2.41. The number of nitrogens with zero attached hydrogens (tertiary/aromatic N) is 3. The molecule has 3 nitrogen and oxygen atoms in total. The predicted molar refractivity (Wildman–Crippen MR) is 214 cm³/mol. The normalized spacial score (nSPS) is 15.8. The van der Waals surface area contributed by atoms with E-state index in [2.05, 4.69) is 164 Å². The third-order valence-corrected chi connectivity index (χ3v) is 13.0. The Morgan fingerprint density at radius 1 is 0.558 bits per heavy atom. The molecule has 4 heteroatoms. The third kappa shape index (κ3) is 3.62. The van der Waals surface area contributed by atoms with E-state index >= 15 is 0 Å². The van der Waals surface area contributed by atoms with E-state index in [1.54, 1.807) is 0 Å². The van der Waals surface area contributed by atoms with E-state index in [1.165, 1.54) is 81.7 Å². The Hall–Kier alpha value is -5.97. The number of hydrogen-bond donors (Lipinski definition) is 0. The van der Waals surface area contributed by atoms with Gasteiger partial charge in [0.05, 0.1) is 28.2 Å². The third-order valence-electron chi connectivity index (χ3n) is 11.9. The van der Waals surface area contributed by atoms with Gasteiger partial charge >= 0.3 is 0 Å². The summed E-state index contributed by atoms with van der Waals surface area (Å²) in [6.07, 6.45) is 0. The lowest BCUT2D eigenvalue weighted by Gasteiger charge is -2.24. The van der Waals surface area contributed by atoms with Crippen molar-refractivity contribution in [2.75, 3.05) is 0 Å². The maximum atomic E-state index is 5.64. The quantitative estimate of drug-likeness (QED) is 0.182. The van der Waals surface area contributed by atoms with Gasteiger partial charge in [-0.1, -0.05) is 123 Å². The average molecular weight is 682 g/mol. The Kier molecular flexibility index (Phi) is 5.57. The van der Waals surface area contributed by atoms with Gasteiger partial charge in [0.15, 0.2) is 0 Å². The molecule has 3 heterocycles. The molecule has 1 aliphatic heterocycles. The number of fused-ring (bicyclic) bond motifs is 12. The molecule has 0 saturated heterocycles. The Morgan fingerprint density at radius 3 is 2.23 bits per heavy atom. The van der Waals surface area contributed by atoms with Crippen LogP contribution in [-0.4, -0.2) is 14.5 Å². The molecule has 1 atom stereocenters. The molecule has 2 aliphatic carbocycles. The highest BCUT2D eigenvalue weighted by Crippen LogP contribution is 2.58. The van der Waals surface area contributed by atoms with Crippen LogP contribution in [0.2, 0.25) is 0 Å². The van der Waals surface area contributed by atoms with Crippen LogP contribution >= 0.6 is 11.8 Å². The van der Waals surface area contributed by atoms with E-state index in [9.17, 15) is 0 Å². The molecular formula is C48H31N3S. The van der Waals surface area contributed by atoms with Crippen LogP contribution in [0.3, 0.4) is 0 Å². The van der Waals surface area contributed by atoms with Crippen molar-refractivity contribution in [2.24, 2.45) is 0 Å². The van der Waals surface area contributed by atoms with Crippen LogP contribution in [0, 0.1) is 0 Å². The first-order valence-electron chi connectivity index (χ1n) is 18.0. The van der Waals surface area contributed by atoms with Crippen LogP contribution in [0.15, 0.2) is 155 Å². The lowest BCUT2D eigenvalue weighted by molar-refractivity contribution is 0.659. The van der Waals surface area contributed by atoms with Crippen molar-refractivity contribution in [2.45, 2.75) is 35.0 Å². The highest BCUT2D eigenvalue weighted by molar-refractivity contribution is 7.99. The summed E-state index contributed by atoms with van der Waals surface area (Å²) < 4.78 is 2.43. The average Bonchev–Trinajstić information content (AvgIpc) is 3.77. The summed E-state index contributed by atoms with van der Waals surface area (Å²) in [5, 5.41) is 3.68. The lowest BCUT2D eigenvalue weighted by atomic mass is 9.80. The van der Waals surface area contributed by atoms with E-state index in [0.29, 0.717) is 0 Å². The van der Waals surface area contributed by atoms with Crippen molar-refractivity contribution in [3.8, 4) is 39.2 Å². The first kappa shape index (κ1) is 28.7. The SMILES string of the molecule is CC1(C)c2ccccc2-c2cc3c(cc21)C(c1nc2c4c(cccc4n1)Sc1ccccc1-2)c1c-3ccc2c1c1ccccc1n2-c1ccccc1. The van der Waals surface area contributed by atoms with Crippen LogP contribution in [0.4, 0.5) is 0 Å². The summed E-state index contributed by atoms with van der Waals surface area (Å²) in [4.78, 5) is 13.6. The monoisotopic (exact) mass is 681 g/mol. The minimum Gasteiger partial charge on any atom is -0.309 e. The van der Waals surface area contributed by atoms with E-state index < -0.39 is 0 Å². The molecule has 0 saturated carbocycles. The maximum absolute atomic E-state index is 5.64. The zero-order valence-corrected chi connectivity index (χ0v) is 29.5. The second-order valence-corrected chi connectivity index (χ2v) is 16.0. The summed E-state index contributed by atoms with van der Waals surface area (Å²) in [6, 6.07) is 53.5. The van der Waals surface area contributed by atoms with Crippen LogP contribution in [0.5, 0.6) is 0 Å². The zero-order chi connectivity index (χ0) is 34.3. The van der Waals surface area contributed by atoms with Crippen molar-refractivity contribution in [3.05, 3.63) is 174 Å². The fourth-order valence-electron chi connectivity index (χ4n) is 9.59. The Balaban J connectivity index is 1.22. The van der Waals surface area contributed by atoms with Gasteiger partial charge in [-0.3, -0.25) is 0 Å². The van der Waals surface area contributed by atoms with Gasteiger partial charge in [0.2, 0.25) is 0 Å². The van der Waals surface area contributed by atoms with Crippen molar-refractivity contribution in [3.63, 3.8) is 0 Å². The number of rotatable bonds is 2. The van der Waals surface area contributed by atoms with E-state index in [4.69, 9.17) is 9.97 Å². The van der Waals surface area contributed by atoms with E-state index in [0.717, 1.165) is 28.1 Å². The molecule has 1 unspecified atom stereocenters. The molecule has 244 valence electrons. The molecule has 0 spiro atoms. The largest absolute Gasteiger partial charge is 0.309 e. The summed E-state index contributed by atoms with van der Waals surface area (Å²) in [5.41, 5.74) is 17.2. The van der Waals surface area contributed by atoms with Crippen LogP contribution in [0.1, 0.15) is 47.8 Å². The standard InChI is InChI=1S/C48H31N3S/c1-48(2)35-18-9-6-15-28(35)33-25-32-29-23-24-39-42(30-16-7-10-20-38(30)51(39)27-13-4-3-5-14-27)43(29)44(34(32)26-36(33)48)47-49-37-19-12-22-41-45(37)46(50-47)31-17-8-11-21-40(31)52-41/h3-26,44H,1-2H3. The number of aromatic nitrogens is 3. The predicted octanol–water partition coefficient (Wildman–Crippen LogP) is 12.3. The van der Waals surface area contributed by atoms with Crippen molar-refractivity contribution < 1.29 is 0 Å². The first-order chi connectivity index (χ1) is 25.6. The summed E-state index contributed by atoms with van der Waals surface area (Å²) in [6.45, 7) is 4.75. The molecule has 0 amide bonds. The number of benzene rings is 7. The fraction of sp³-hybridized carbons (Fsp3) is 0.0833. The van der Waals surface area contributed by atoms with Crippen LogP contribution < -0.4 is 0 Å². The fourth-order valence-corrected chi connectivity index (χ4v) is 10.7. The van der Waals surface area contributed by atoms with Gasteiger partial charge in [-0.25, -0.2) is 9.97 Å². The maximum Gasteiger partial charge on any atom is 0.141 e. The smallest absolute Gasteiger partial charge is 0.141 e. The summed E-state index contributed by atoms with van der Waals surface area (Å²) >= 11 is 1.82. The molecule has 0 radical (unpaired) electrons. The van der Waals surface area contributed by atoms with E-state index in [-0.39, 0.29) is 11.3 Å². The van der Waals surface area contributed by atoms with Gasteiger partial charge in [-0.2, -0.15) is 0 Å².